The van der Waals surface area contributed by atoms with Crippen LogP contribution in [-0.4, -0.2) is 7.11 Å². The molecule has 0 spiro atoms. The first-order chi connectivity index (χ1) is 17.2. The highest BCUT2D eigenvalue weighted by atomic mass is 35.5. The van der Waals surface area contributed by atoms with Gasteiger partial charge in [0.15, 0.2) is 11.5 Å². The average molecular weight is 476 g/mol. The summed E-state index contributed by atoms with van der Waals surface area (Å²) < 4.78 is 11.7. The Bertz CT molecular complexity index is 1610. The lowest BCUT2D eigenvalue weighted by atomic mass is 10.00. The molecule has 5 rings (SSSR count). The Morgan fingerprint density at radius 2 is 1.60 bits per heavy atom. The molecule has 5 aromatic carbocycles. The van der Waals surface area contributed by atoms with E-state index in [1.807, 2.05) is 72.8 Å². The smallest absolute Gasteiger partial charge is 0.180 e. The highest BCUT2D eigenvalue weighted by molar-refractivity contribution is 6.32. The lowest BCUT2D eigenvalue weighted by Gasteiger charge is -2.14. The molecule has 0 fully saturated rings. The normalized spacial score (nSPS) is 11.4. The number of benzene rings is 5. The van der Waals surface area contributed by atoms with Crippen LogP contribution in [0.1, 0.15) is 16.7 Å². The Hall–Kier alpha value is -4.26. The highest BCUT2D eigenvalue weighted by Gasteiger charge is 2.13. The summed E-state index contributed by atoms with van der Waals surface area (Å²) in [5, 5.41) is 14.8. The van der Waals surface area contributed by atoms with E-state index in [-0.39, 0.29) is 0 Å². The van der Waals surface area contributed by atoms with Gasteiger partial charge in [-0.1, -0.05) is 90.5 Å². The van der Waals surface area contributed by atoms with Crippen molar-refractivity contribution in [3.05, 3.63) is 119 Å². The fourth-order valence-corrected chi connectivity index (χ4v) is 4.51. The lowest BCUT2D eigenvalue weighted by Crippen LogP contribution is -1.99. The Balaban J connectivity index is 1.45. The molecule has 0 saturated carbocycles. The summed E-state index contributed by atoms with van der Waals surface area (Å²) in [6.45, 7) is 0.354. The van der Waals surface area contributed by atoms with E-state index >= 15 is 0 Å². The molecule has 3 nitrogen and oxygen atoms in total. The Labute approximate surface area is 209 Å². The topological polar surface area (TPSA) is 42.2 Å². The molecule has 5 aromatic rings. The van der Waals surface area contributed by atoms with Crippen LogP contribution in [0.5, 0.6) is 11.5 Å². The van der Waals surface area contributed by atoms with Crippen LogP contribution < -0.4 is 9.47 Å². The van der Waals surface area contributed by atoms with Crippen LogP contribution in [0.25, 0.3) is 33.2 Å². The second-order valence-electron chi connectivity index (χ2n) is 8.19. The number of methoxy groups -OCH3 is 1. The van der Waals surface area contributed by atoms with Gasteiger partial charge in [0.05, 0.1) is 23.8 Å². The monoisotopic (exact) mass is 475 g/mol. The number of hydrogen-bond donors (Lipinski definition) is 0. The van der Waals surface area contributed by atoms with Crippen molar-refractivity contribution in [1.82, 2.24) is 0 Å². The van der Waals surface area contributed by atoms with Gasteiger partial charge in [0.2, 0.25) is 0 Å². The SMILES string of the molecule is COc1cc(/C=C(/C#N)c2ccc3ccccc3c2)cc(Cl)c1OCc1cccc2ccccc12. The van der Waals surface area contributed by atoms with Crippen LogP contribution in [0.2, 0.25) is 5.02 Å². The fourth-order valence-electron chi connectivity index (χ4n) is 4.24. The van der Waals surface area contributed by atoms with Crippen molar-refractivity contribution in [2.45, 2.75) is 6.61 Å². The first kappa shape index (κ1) is 22.5. The molecule has 0 aliphatic rings. The molecule has 0 heterocycles. The van der Waals surface area contributed by atoms with Crippen LogP contribution >= 0.6 is 11.6 Å². The van der Waals surface area contributed by atoms with Crippen LogP contribution in [0.4, 0.5) is 0 Å². The molecule has 4 heteroatoms. The maximum Gasteiger partial charge on any atom is 0.180 e. The predicted molar refractivity (Wildman–Crippen MR) is 144 cm³/mol. The molecular formula is C31H22ClNO2. The third-order valence-corrected chi connectivity index (χ3v) is 6.28. The van der Waals surface area contributed by atoms with Gasteiger partial charge in [0, 0.05) is 0 Å². The van der Waals surface area contributed by atoms with Crippen LogP contribution in [0.3, 0.4) is 0 Å². The molecule has 0 bridgehead atoms. The van der Waals surface area contributed by atoms with E-state index in [0.717, 1.165) is 38.2 Å². The van der Waals surface area contributed by atoms with Crippen molar-refractivity contribution in [1.29, 1.82) is 5.26 Å². The van der Waals surface area contributed by atoms with Gasteiger partial charge in [-0.2, -0.15) is 5.26 Å². The van der Waals surface area contributed by atoms with Gasteiger partial charge in [-0.15, -0.1) is 0 Å². The van der Waals surface area contributed by atoms with E-state index in [1.165, 1.54) is 0 Å². The summed E-state index contributed by atoms with van der Waals surface area (Å²) in [5.74, 6) is 0.989. The molecule has 0 radical (unpaired) electrons. The number of fused-ring (bicyclic) bond motifs is 2. The number of allylic oxidation sites excluding steroid dienone is 1. The summed E-state index contributed by atoms with van der Waals surface area (Å²) in [4.78, 5) is 0. The number of nitriles is 1. The van der Waals surface area contributed by atoms with Gasteiger partial charge in [-0.05, 0) is 62.5 Å². The quantitative estimate of drug-likeness (QED) is 0.183. The maximum atomic E-state index is 9.85. The summed E-state index contributed by atoms with van der Waals surface area (Å²) in [5.41, 5.74) is 3.21. The molecule has 0 atom stereocenters. The van der Waals surface area contributed by atoms with Crippen molar-refractivity contribution in [3.63, 3.8) is 0 Å². The standard InChI is InChI=1S/C31H22ClNO2/c1-34-30-17-21(15-27(19-33)25-14-13-22-7-2-3-9-24(22)18-25)16-29(32)31(30)35-20-26-11-6-10-23-8-4-5-12-28(23)26/h2-18H,20H2,1H3/b27-15-. The number of halogens is 1. The largest absolute Gasteiger partial charge is 0.493 e. The highest BCUT2D eigenvalue weighted by Crippen LogP contribution is 2.38. The number of hydrogen-bond acceptors (Lipinski definition) is 3. The van der Waals surface area contributed by atoms with E-state index in [0.29, 0.717) is 28.7 Å². The van der Waals surface area contributed by atoms with E-state index < -0.39 is 0 Å². The van der Waals surface area contributed by atoms with Crippen molar-refractivity contribution in [2.75, 3.05) is 7.11 Å². The van der Waals surface area contributed by atoms with Crippen LogP contribution in [0, 0.1) is 11.3 Å². The summed E-state index contributed by atoms with van der Waals surface area (Å²) >= 11 is 6.63. The third kappa shape index (κ3) is 4.71. The predicted octanol–water partition coefficient (Wildman–Crippen LogP) is 8.30. The Morgan fingerprint density at radius 1 is 0.857 bits per heavy atom. The molecule has 0 N–H and O–H groups in total. The van der Waals surface area contributed by atoms with E-state index in [4.69, 9.17) is 21.1 Å². The summed E-state index contributed by atoms with van der Waals surface area (Å²) in [6.07, 6.45) is 1.81. The van der Waals surface area contributed by atoms with Gasteiger partial charge in [-0.3, -0.25) is 0 Å². The van der Waals surface area contributed by atoms with Crippen molar-refractivity contribution in [3.8, 4) is 17.6 Å². The minimum atomic E-state index is 0.354. The van der Waals surface area contributed by atoms with Gasteiger partial charge in [0.1, 0.15) is 6.61 Å². The fraction of sp³-hybridized carbons (Fsp3) is 0.0645. The van der Waals surface area contributed by atoms with Gasteiger partial charge < -0.3 is 9.47 Å². The molecule has 0 unspecified atom stereocenters. The summed E-state index contributed by atoms with van der Waals surface area (Å²) in [6, 6.07) is 34.4. The van der Waals surface area contributed by atoms with Crippen molar-refractivity contribution >= 4 is 44.8 Å². The second-order valence-corrected chi connectivity index (χ2v) is 8.60. The van der Waals surface area contributed by atoms with Crippen LogP contribution in [-0.2, 0) is 6.61 Å². The molecule has 0 aliphatic carbocycles. The third-order valence-electron chi connectivity index (χ3n) is 6.00. The number of ether oxygens (including phenoxy) is 2. The Kier molecular flexibility index (Phi) is 6.39. The molecule has 35 heavy (non-hydrogen) atoms. The molecule has 0 aromatic heterocycles. The minimum Gasteiger partial charge on any atom is -0.493 e. The molecular weight excluding hydrogens is 454 g/mol. The first-order valence-electron chi connectivity index (χ1n) is 11.2. The number of nitrogens with zero attached hydrogens (tertiary/aromatic N) is 1. The molecule has 0 saturated heterocycles. The van der Waals surface area contributed by atoms with E-state index in [9.17, 15) is 5.26 Å². The second kappa shape index (κ2) is 9.93. The van der Waals surface area contributed by atoms with Crippen LogP contribution in [0.15, 0.2) is 97.1 Å². The molecule has 170 valence electrons. The minimum absolute atomic E-state index is 0.354. The van der Waals surface area contributed by atoms with Gasteiger partial charge in [0.25, 0.3) is 0 Å². The summed E-state index contributed by atoms with van der Waals surface area (Å²) in [7, 11) is 1.58. The van der Waals surface area contributed by atoms with Crippen molar-refractivity contribution < 1.29 is 9.47 Å². The zero-order valence-corrected chi connectivity index (χ0v) is 19.9. The maximum absolute atomic E-state index is 9.85. The average Bonchev–Trinajstić information content (AvgIpc) is 2.90. The molecule has 0 aliphatic heterocycles. The van der Waals surface area contributed by atoms with Gasteiger partial charge in [-0.25, -0.2) is 0 Å². The Morgan fingerprint density at radius 3 is 2.40 bits per heavy atom. The van der Waals surface area contributed by atoms with E-state index in [1.54, 1.807) is 13.2 Å². The molecule has 0 amide bonds. The van der Waals surface area contributed by atoms with Gasteiger partial charge >= 0.3 is 0 Å². The zero-order chi connectivity index (χ0) is 24.2. The lowest BCUT2D eigenvalue weighted by molar-refractivity contribution is 0.286. The zero-order valence-electron chi connectivity index (χ0n) is 19.2. The first-order valence-corrected chi connectivity index (χ1v) is 11.6. The number of rotatable bonds is 6. The van der Waals surface area contributed by atoms with Crippen molar-refractivity contribution in [2.24, 2.45) is 0 Å². The van der Waals surface area contributed by atoms with E-state index in [2.05, 4.69) is 30.3 Å².